The number of sulfonamides is 1. The Hall–Kier alpha value is -1.07. The third-order valence-corrected chi connectivity index (χ3v) is 5.34. The lowest BCUT2D eigenvalue weighted by Crippen LogP contribution is -2.44. The van der Waals surface area contributed by atoms with Crippen molar-refractivity contribution >= 4 is 15.7 Å². The van der Waals surface area contributed by atoms with Crippen LogP contribution < -0.4 is 10.0 Å². The van der Waals surface area contributed by atoms with Crippen LogP contribution in [0.1, 0.15) is 47.0 Å². The summed E-state index contributed by atoms with van der Waals surface area (Å²) in [6.07, 6.45) is 2.56. The molecule has 0 aromatic heterocycles. The molecule has 5 heteroatoms. The quantitative estimate of drug-likeness (QED) is 0.773. The van der Waals surface area contributed by atoms with Gasteiger partial charge in [-0.1, -0.05) is 20.8 Å². The number of hydrogen-bond acceptors (Lipinski definition) is 3. The summed E-state index contributed by atoms with van der Waals surface area (Å²) in [4.78, 5) is 0.313. The Morgan fingerprint density at radius 2 is 1.60 bits per heavy atom. The van der Waals surface area contributed by atoms with Crippen LogP contribution in [0.3, 0.4) is 0 Å². The Kier molecular flexibility index (Phi) is 6.02. The highest BCUT2D eigenvalue weighted by molar-refractivity contribution is 7.89. The Morgan fingerprint density at radius 1 is 1.05 bits per heavy atom. The van der Waals surface area contributed by atoms with Gasteiger partial charge in [0.1, 0.15) is 0 Å². The number of rotatable bonds is 8. The Labute approximate surface area is 123 Å². The monoisotopic (exact) mass is 298 g/mol. The van der Waals surface area contributed by atoms with Crippen LogP contribution >= 0.6 is 0 Å². The molecule has 0 radical (unpaired) electrons. The molecule has 0 saturated carbocycles. The van der Waals surface area contributed by atoms with Crippen LogP contribution in [0.2, 0.25) is 0 Å². The molecule has 0 heterocycles. The highest BCUT2D eigenvalue weighted by atomic mass is 32.2. The van der Waals surface area contributed by atoms with Crippen molar-refractivity contribution in [3.63, 3.8) is 0 Å². The Bertz CT molecular complexity index is 505. The van der Waals surface area contributed by atoms with Gasteiger partial charge >= 0.3 is 0 Å². The molecule has 4 nitrogen and oxygen atoms in total. The fraction of sp³-hybridized carbons (Fsp3) is 0.600. The molecule has 0 spiro atoms. The van der Waals surface area contributed by atoms with Crippen molar-refractivity contribution in [2.45, 2.75) is 57.4 Å². The molecule has 1 aromatic carbocycles. The summed E-state index contributed by atoms with van der Waals surface area (Å²) < 4.78 is 27.5. The van der Waals surface area contributed by atoms with E-state index in [-0.39, 0.29) is 0 Å². The summed E-state index contributed by atoms with van der Waals surface area (Å²) in [5.41, 5.74) is 0.553. The zero-order valence-electron chi connectivity index (χ0n) is 12.9. The van der Waals surface area contributed by atoms with Crippen LogP contribution in [-0.4, -0.2) is 20.5 Å². The molecule has 2 N–H and O–H groups in total. The van der Waals surface area contributed by atoms with Crippen LogP contribution in [0.5, 0.6) is 0 Å². The summed E-state index contributed by atoms with van der Waals surface area (Å²) >= 11 is 0. The molecule has 0 saturated heterocycles. The van der Waals surface area contributed by atoms with Gasteiger partial charge in [-0.05, 0) is 50.5 Å². The van der Waals surface area contributed by atoms with Gasteiger partial charge < -0.3 is 5.32 Å². The molecule has 1 rings (SSSR count). The van der Waals surface area contributed by atoms with Crippen LogP contribution in [-0.2, 0) is 10.0 Å². The van der Waals surface area contributed by atoms with Gasteiger partial charge in [0.15, 0.2) is 0 Å². The topological polar surface area (TPSA) is 58.2 Å². The fourth-order valence-corrected chi connectivity index (χ4v) is 3.35. The van der Waals surface area contributed by atoms with Crippen LogP contribution in [0.25, 0.3) is 0 Å². The largest absolute Gasteiger partial charge is 0.385 e. The van der Waals surface area contributed by atoms with E-state index in [0.29, 0.717) is 4.90 Å². The molecular formula is C15H26N2O2S. The SMILES string of the molecule is CCCNc1ccc(S(=O)(=O)NC(C)(CC)CC)cc1. The minimum absolute atomic E-state index is 0.313. The van der Waals surface area contributed by atoms with E-state index in [1.54, 1.807) is 24.3 Å². The Balaban J connectivity index is 2.88. The zero-order valence-corrected chi connectivity index (χ0v) is 13.7. The highest BCUT2D eigenvalue weighted by Gasteiger charge is 2.27. The maximum Gasteiger partial charge on any atom is 0.241 e. The predicted octanol–water partition coefficient (Wildman–Crippen LogP) is 3.37. The number of hydrogen-bond donors (Lipinski definition) is 2. The van der Waals surface area contributed by atoms with Gasteiger partial charge in [0.05, 0.1) is 4.90 Å². The van der Waals surface area contributed by atoms with Crippen LogP contribution in [0, 0.1) is 0 Å². The van der Waals surface area contributed by atoms with E-state index in [4.69, 9.17) is 0 Å². The average molecular weight is 298 g/mol. The van der Waals surface area contributed by atoms with E-state index in [1.807, 2.05) is 20.8 Å². The molecule has 0 amide bonds. The highest BCUT2D eigenvalue weighted by Crippen LogP contribution is 2.20. The smallest absolute Gasteiger partial charge is 0.241 e. The standard InChI is InChI=1S/C15H26N2O2S/c1-5-12-16-13-8-10-14(11-9-13)20(18,19)17-15(4,6-2)7-3/h8-11,16-17H,5-7,12H2,1-4H3. The minimum atomic E-state index is -3.46. The first-order valence-corrected chi connectivity index (χ1v) is 8.73. The molecule has 20 heavy (non-hydrogen) atoms. The minimum Gasteiger partial charge on any atom is -0.385 e. The van der Waals surface area contributed by atoms with Gasteiger partial charge in [0, 0.05) is 17.8 Å². The van der Waals surface area contributed by atoms with Crippen molar-refractivity contribution in [2.75, 3.05) is 11.9 Å². The van der Waals surface area contributed by atoms with E-state index in [2.05, 4.69) is 17.0 Å². The van der Waals surface area contributed by atoms with Gasteiger partial charge in [0.25, 0.3) is 0 Å². The molecular weight excluding hydrogens is 272 g/mol. The van der Waals surface area contributed by atoms with E-state index >= 15 is 0 Å². The molecule has 114 valence electrons. The molecule has 0 aliphatic heterocycles. The van der Waals surface area contributed by atoms with Crippen molar-refractivity contribution < 1.29 is 8.42 Å². The lowest BCUT2D eigenvalue weighted by molar-refractivity contribution is 0.388. The average Bonchev–Trinajstić information content (AvgIpc) is 2.45. The van der Waals surface area contributed by atoms with Crippen molar-refractivity contribution in [3.8, 4) is 0 Å². The summed E-state index contributed by atoms with van der Waals surface area (Å²) in [6, 6.07) is 6.90. The van der Waals surface area contributed by atoms with Gasteiger partial charge in [-0.15, -0.1) is 0 Å². The van der Waals surface area contributed by atoms with E-state index in [0.717, 1.165) is 31.5 Å². The van der Waals surface area contributed by atoms with Crippen LogP contribution in [0.15, 0.2) is 29.2 Å². The summed E-state index contributed by atoms with van der Waals surface area (Å²) in [7, 11) is -3.46. The first-order chi connectivity index (χ1) is 9.37. The maximum atomic E-state index is 12.4. The van der Waals surface area contributed by atoms with E-state index in [1.165, 1.54) is 0 Å². The maximum absolute atomic E-state index is 12.4. The van der Waals surface area contributed by atoms with E-state index in [9.17, 15) is 8.42 Å². The van der Waals surface area contributed by atoms with Gasteiger partial charge in [-0.25, -0.2) is 13.1 Å². The number of nitrogens with one attached hydrogen (secondary N) is 2. The lowest BCUT2D eigenvalue weighted by Gasteiger charge is -2.27. The van der Waals surface area contributed by atoms with Crippen LogP contribution in [0.4, 0.5) is 5.69 Å². The van der Waals surface area contributed by atoms with Gasteiger partial charge in [-0.3, -0.25) is 0 Å². The van der Waals surface area contributed by atoms with Gasteiger partial charge in [-0.2, -0.15) is 0 Å². The summed E-state index contributed by atoms with van der Waals surface area (Å²) in [5.74, 6) is 0. The van der Waals surface area contributed by atoms with Crippen molar-refractivity contribution in [1.29, 1.82) is 0 Å². The van der Waals surface area contributed by atoms with Crippen molar-refractivity contribution in [1.82, 2.24) is 4.72 Å². The normalized spacial score (nSPS) is 12.4. The fourth-order valence-electron chi connectivity index (χ4n) is 1.80. The van der Waals surface area contributed by atoms with E-state index < -0.39 is 15.6 Å². The predicted molar refractivity (Wildman–Crippen MR) is 84.5 cm³/mol. The number of anilines is 1. The first-order valence-electron chi connectivity index (χ1n) is 7.24. The summed E-state index contributed by atoms with van der Waals surface area (Å²) in [5, 5.41) is 3.23. The molecule has 0 unspecified atom stereocenters. The third-order valence-electron chi connectivity index (χ3n) is 3.69. The van der Waals surface area contributed by atoms with Crippen molar-refractivity contribution in [3.05, 3.63) is 24.3 Å². The molecule has 0 bridgehead atoms. The zero-order chi connectivity index (χ0) is 15.2. The lowest BCUT2D eigenvalue weighted by atomic mass is 9.98. The molecule has 0 atom stereocenters. The van der Waals surface area contributed by atoms with Gasteiger partial charge in [0.2, 0.25) is 10.0 Å². The summed E-state index contributed by atoms with van der Waals surface area (Å²) in [6.45, 7) is 8.88. The second-order valence-electron chi connectivity index (χ2n) is 5.32. The van der Waals surface area contributed by atoms with Crippen molar-refractivity contribution in [2.24, 2.45) is 0 Å². The molecule has 0 aliphatic rings. The first kappa shape index (κ1) is 17.0. The third kappa shape index (κ3) is 4.49. The molecule has 0 aliphatic carbocycles. The Morgan fingerprint density at radius 3 is 2.05 bits per heavy atom. The second kappa shape index (κ2) is 7.09. The molecule has 1 aromatic rings. The number of benzene rings is 1. The second-order valence-corrected chi connectivity index (χ2v) is 7.01. The molecule has 0 fully saturated rings.